The molecule has 2 aromatic carbocycles. The topological polar surface area (TPSA) is 88.7 Å². The van der Waals surface area contributed by atoms with Gasteiger partial charge in [-0.25, -0.2) is 4.79 Å². The second-order valence-corrected chi connectivity index (χ2v) is 7.06. The molecule has 1 unspecified atom stereocenters. The highest BCUT2D eigenvalue weighted by Gasteiger charge is 2.31. The van der Waals surface area contributed by atoms with Crippen LogP contribution in [0.15, 0.2) is 58.2 Å². The predicted octanol–water partition coefficient (Wildman–Crippen LogP) is 3.73. The zero-order valence-corrected chi connectivity index (χ0v) is 17.2. The third kappa shape index (κ3) is 4.12. The largest absolute Gasteiger partial charge is 0.497 e. The Morgan fingerprint density at radius 1 is 1.11 bits per heavy atom. The second-order valence-electron chi connectivity index (χ2n) is 6.14. The fourth-order valence-electron chi connectivity index (χ4n) is 2.99. The van der Waals surface area contributed by atoms with E-state index >= 15 is 0 Å². The van der Waals surface area contributed by atoms with Crippen LogP contribution < -0.4 is 25.4 Å². The number of allylic oxidation sites excluding steroid dienone is 1. The summed E-state index contributed by atoms with van der Waals surface area (Å²) in [5.74, 6) is 0.741. The molecule has 28 heavy (non-hydrogen) atoms. The molecule has 0 saturated carbocycles. The molecular formula is C20H20BrN3O4. The number of urea groups is 1. The fourth-order valence-corrected chi connectivity index (χ4v) is 3.26. The van der Waals surface area contributed by atoms with Gasteiger partial charge in [0.2, 0.25) is 0 Å². The molecule has 7 nitrogen and oxygen atoms in total. The maximum absolute atomic E-state index is 13.1. The number of benzene rings is 2. The lowest BCUT2D eigenvalue weighted by atomic mass is 9.95. The van der Waals surface area contributed by atoms with Crippen molar-refractivity contribution in [3.8, 4) is 11.5 Å². The van der Waals surface area contributed by atoms with Gasteiger partial charge in [0.1, 0.15) is 11.5 Å². The molecule has 0 saturated heterocycles. The van der Waals surface area contributed by atoms with Crippen molar-refractivity contribution in [3.05, 3.63) is 63.8 Å². The molecule has 0 bridgehead atoms. The van der Waals surface area contributed by atoms with Gasteiger partial charge in [0.25, 0.3) is 5.91 Å². The summed E-state index contributed by atoms with van der Waals surface area (Å²) in [5, 5.41) is 8.33. The number of nitrogens with one attached hydrogen (secondary N) is 3. The highest BCUT2D eigenvalue weighted by molar-refractivity contribution is 9.10. The van der Waals surface area contributed by atoms with E-state index in [1.807, 2.05) is 24.3 Å². The third-order valence-electron chi connectivity index (χ3n) is 4.37. The first-order valence-electron chi connectivity index (χ1n) is 8.50. The summed E-state index contributed by atoms with van der Waals surface area (Å²) in [6.07, 6.45) is 0. The molecular weight excluding hydrogens is 426 g/mol. The number of methoxy groups -OCH3 is 2. The minimum absolute atomic E-state index is 0.346. The Morgan fingerprint density at radius 3 is 2.46 bits per heavy atom. The number of hydrogen-bond acceptors (Lipinski definition) is 4. The van der Waals surface area contributed by atoms with Crippen molar-refractivity contribution in [1.82, 2.24) is 10.6 Å². The molecule has 1 aliphatic heterocycles. The Labute approximate surface area is 171 Å². The molecule has 1 atom stereocenters. The summed E-state index contributed by atoms with van der Waals surface area (Å²) in [7, 11) is 3.07. The lowest BCUT2D eigenvalue weighted by molar-refractivity contribution is -0.113. The molecule has 1 aliphatic rings. The van der Waals surface area contributed by atoms with Crippen LogP contribution in [0, 0.1) is 0 Å². The zero-order valence-electron chi connectivity index (χ0n) is 15.6. The second kappa shape index (κ2) is 8.35. The Bertz CT molecular complexity index is 941. The van der Waals surface area contributed by atoms with Gasteiger partial charge in [0, 0.05) is 16.2 Å². The van der Waals surface area contributed by atoms with Gasteiger partial charge in [-0.1, -0.05) is 28.1 Å². The standard InChI is InChI=1S/C20H20BrN3O4/c1-11-17(18(24-20(26)22-11)12-4-6-13(21)7-5-12)19(25)23-15-9-8-14(27-2)10-16(15)28-3/h4-10,18H,1-3H3,(H,23,25)(H2,22,24,26). The van der Waals surface area contributed by atoms with Gasteiger partial charge in [-0.2, -0.15) is 0 Å². The summed E-state index contributed by atoms with van der Waals surface area (Å²) in [5.41, 5.74) is 2.20. The number of ether oxygens (including phenoxy) is 2. The molecule has 3 rings (SSSR count). The average Bonchev–Trinajstić information content (AvgIpc) is 2.68. The van der Waals surface area contributed by atoms with Crippen molar-refractivity contribution >= 4 is 33.6 Å². The SMILES string of the molecule is COc1ccc(NC(=O)C2=C(C)NC(=O)NC2c2ccc(Br)cc2)c(OC)c1. The van der Waals surface area contributed by atoms with E-state index in [0.29, 0.717) is 28.5 Å². The van der Waals surface area contributed by atoms with Crippen LogP contribution in [0.1, 0.15) is 18.5 Å². The summed E-state index contributed by atoms with van der Waals surface area (Å²) in [6.45, 7) is 1.70. The first-order valence-corrected chi connectivity index (χ1v) is 9.29. The summed E-state index contributed by atoms with van der Waals surface area (Å²) >= 11 is 3.39. The van der Waals surface area contributed by atoms with Crippen LogP contribution in [0.2, 0.25) is 0 Å². The zero-order chi connectivity index (χ0) is 20.3. The minimum Gasteiger partial charge on any atom is -0.497 e. The van der Waals surface area contributed by atoms with E-state index in [2.05, 4.69) is 31.9 Å². The third-order valence-corrected chi connectivity index (χ3v) is 4.90. The van der Waals surface area contributed by atoms with E-state index in [0.717, 1.165) is 10.0 Å². The van der Waals surface area contributed by atoms with Crippen molar-refractivity contribution in [2.75, 3.05) is 19.5 Å². The van der Waals surface area contributed by atoms with Crippen LogP contribution in [-0.4, -0.2) is 26.2 Å². The molecule has 2 aromatic rings. The number of carbonyl (C=O) groups is 2. The van der Waals surface area contributed by atoms with Crippen LogP contribution >= 0.6 is 15.9 Å². The predicted molar refractivity (Wildman–Crippen MR) is 109 cm³/mol. The van der Waals surface area contributed by atoms with Gasteiger partial charge in [0.15, 0.2) is 0 Å². The van der Waals surface area contributed by atoms with Crippen molar-refractivity contribution in [3.63, 3.8) is 0 Å². The lowest BCUT2D eigenvalue weighted by Crippen LogP contribution is -2.45. The number of hydrogen-bond donors (Lipinski definition) is 3. The molecule has 0 fully saturated rings. The van der Waals surface area contributed by atoms with Gasteiger partial charge in [-0.05, 0) is 36.8 Å². The van der Waals surface area contributed by atoms with Gasteiger partial charge in [-0.15, -0.1) is 0 Å². The highest BCUT2D eigenvalue weighted by Crippen LogP contribution is 2.32. The molecule has 1 heterocycles. The summed E-state index contributed by atoms with van der Waals surface area (Å²) in [6, 6.07) is 11.6. The average molecular weight is 446 g/mol. The van der Waals surface area contributed by atoms with E-state index in [4.69, 9.17) is 9.47 Å². The van der Waals surface area contributed by atoms with Gasteiger partial charge >= 0.3 is 6.03 Å². The normalized spacial score (nSPS) is 16.1. The Morgan fingerprint density at radius 2 is 1.82 bits per heavy atom. The molecule has 0 aromatic heterocycles. The van der Waals surface area contributed by atoms with Gasteiger partial charge in [0.05, 0.1) is 31.5 Å². The van der Waals surface area contributed by atoms with Gasteiger partial charge < -0.3 is 25.4 Å². The van der Waals surface area contributed by atoms with Crippen molar-refractivity contribution < 1.29 is 19.1 Å². The number of anilines is 1. The Balaban J connectivity index is 1.94. The number of rotatable bonds is 5. The van der Waals surface area contributed by atoms with Crippen LogP contribution in [0.5, 0.6) is 11.5 Å². The van der Waals surface area contributed by atoms with Crippen molar-refractivity contribution in [1.29, 1.82) is 0 Å². The molecule has 146 valence electrons. The molecule has 0 radical (unpaired) electrons. The van der Waals surface area contributed by atoms with Crippen molar-refractivity contribution in [2.45, 2.75) is 13.0 Å². The summed E-state index contributed by atoms with van der Waals surface area (Å²) < 4.78 is 11.4. The molecule has 0 aliphatic carbocycles. The lowest BCUT2D eigenvalue weighted by Gasteiger charge is -2.29. The van der Waals surface area contributed by atoms with Crippen LogP contribution in [0.25, 0.3) is 0 Å². The quantitative estimate of drug-likeness (QED) is 0.653. The molecule has 8 heteroatoms. The fraction of sp³-hybridized carbons (Fsp3) is 0.200. The first kappa shape index (κ1) is 19.8. The van der Waals surface area contributed by atoms with Crippen LogP contribution in [0.4, 0.5) is 10.5 Å². The van der Waals surface area contributed by atoms with Crippen LogP contribution in [-0.2, 0) is 4.79 Å². The summed E-state index contributed by atoms with van der Waals surface area (Å²) in [4.78, 5) is 25.1. The highest BCUT2D eigenvalue weighted by atomic mass is 79.9. The Kier molecular flexibility index (Phi) is 5.89. The molecule has 0 spiro atoms. The van der Waals surface area contributed by atoms with E-state index in [9.17, 15) is 9.59 Å². The molecule has 3 amide bonds. The minimum atomic E-state index is -0.578. The van der Waals surface area contributed by atoms with E-state index in [1.54, 1.807) is 32.2 Å². The number of carbonyl (C=O) groups excluding carboxylic acids is 2. The monoisotopic (exact) mass is 445 g/mol. The van der Waals surface area contributed by atoms with E-state index in [1.165, 1.54) is 7.11 Å². The molecule has 3 N–H and O–H groups in total. The number of halogens is 1. The van der Waals surface area contributed by atoms with E-state index in [-0.39, 0.29) is 11.9 Å². The Hall–Kier alpha value is -3.00. The van der Waals surface area contributed by atoms with Crippen molar-refractivity contribution in [2.24, 2.45) is 0 Å². The maximum atomic E-state index is 13.1. The van der Waals surface area contributed by atoms with Crippen LogP contribution in [0.3, 0.4) is 0 Å². The smallest absolute Gasteiger partial charge is 0.319 e. The number of amides is 3. The van der Waals surface area contributed by atoms with Gasteiger partial charge in [-0.3, -0.25) is 4.79 Å². The van der Waals surface area contributed by atoms with E-state index < -0.39 is 6.04 Å². The maximum Gasteiger partial charge on any atom is 0.319 e. The first-order chi connectivity index (χ1) is 13.4.